The van der Waals surface area contributed by atoms with E-state index in [1.165, 1.54) is 0 Å². The number of aromatic nitrogens is 1. The van der Waals surface area contributed by atoms with E-state index in [2.05, 4.69) is 16.4 Å². The van der Waals surface area contributed by atoms with Crippen molar-refractivity contribution in [3.8, 4) is 6.07 Å². The van der Waals surface area contributed by atoms with E-state index >= 15 is 0 Å². The minimum atomic E-state index is 0.696. The number of benzene rings is 1. The van der Waals surface area contributed by atoms with Gasteiger partial charge < -0.3 is 4.90 Å². The molecule has 0 aliphatic carbocycles. The Morgan fingerprint density at radius 2 is 2.18 bits per heavy atom. The van der Waals surface area contributed by atoms with Crippen LogP contribution in [0.4, 0.5) is 5.69 Å². The van der Waals surface area contributed by atoms with Crippen LogP contribution < -0.4 is 4.90 Å². The lowest BCUT2D eigenvalue weighted by Crippen LogP contribution is -2.17. The first-order valence-electron chi connectivity index (χ1n) is 5.32. The van der Waals surface area contributed by atoms with Crippen molar-refractivity contribution in [2.75, 3.05) is 11.9 Å². The van der Waals surface area contributed by atoms with E-state index < -0.39 is 0 Å². The lowest BCUT2D eigenvalue weighted by Gasteiger charge is -2.19. The molecule has 0 spiro atoms. The van der Waals surface area contributed by atoms with Crippen molar-refractivity contribution in [3.63, 3.8) is 0 Å². The van der Waals surface area contributed by atoms with Gasteiger partial charge in [-0.2, -0.15) is 5.26 Å². The highest BCUT2D eigenvalue weighted by Crippen LogP contribution is 2.20. The van der Waals surface area contributed by atoms with Gasteiger partial charge in [0.25, 0.3) is 0 Å². The first-order chi connectivity index (χ1) is 8.20. The zero-order chi connectivity index (χ0) is 12.3. The molecule has 86 valence electrons. The Bertz CT molecular complexity index is 554. The molecule has 0 saturated carbocycles. The van der Waals surface area contributed by atoms with Crippen LogP contribution >= 0.6 is 11.3 Å². The Morgan fingerprint density at radius 3 is 2.82 bits per heavy atom. The van der Waals surface area contributed by atoms with Gasteiger partial charge in [-0.3, -0.25) is 0 Å². The zero-order valence-electron chi connectivity index (χ0n) is 9.84. The van der Waals surface area contributed by atoms with Crippen LogP contribution in [0.5, 0.6) is 0 Å². The topological polar surface area (TPSA) is 39.9 Å². The van der Waals surface area contributed by atoms with Gasteiger partial charge in [0.2, 0.25) is 0 Å². The summed E-state index contributed by atoms with van der Waals surface area (Å²) in [5.41, 5.74) is 2.69. The number of anilines is 1. The van der Waals surface area contributed by atoms with Crippen molar-refractivity contribution in [1.29, 1.82) is 5.26 Å². The second kappa shape index (κ2) is 4.98. The third-order valence-corrected chi connectivity index (χ3v) is 3.32. The van der Waals surface area contributed by atoms with Crippen LogP contribution in [0, 0.1) is 18.3 Å². The molecule has 0 atom stereocenters. The lowest BCUT2D eigenvalue weighted by atomic mass is 10.2. The molecule has 0 saturated heterocycles. The van der Waals surface area contributed by atoms with Crippen molar-refractivity contribution in [2.24, 2.45) is 0 Å². The second-order valence-corrected chi connectivity index (χ2v) is 4.91. The van der Waals surface area contributed by atoms with Crippen LogP contribution in [0.3, 0.4) is 0 Å². The zero-order valence-corrected chi connectivity index (χ0v) is 10.7. The van der Waals surface area contributed by atoms with Gasteiger partial charge in [-0.1, -0.05) is 12.1 Å². The van der Waals surface area contributed by atoms with Gasteiger partial charge in [-0.25, -0.2) is 4.98 Å². The molecule has 1 aromatic heterocycles. The van der Waals surface area contributed by atoms with E-state index in [0.717, 1.165) is 22.9 Å². The van der Waals surface area contributed by atoms with E-state index in [1.54, 1.807) is 11.3 Å². The number of hydrogen-bond donors (Lipinski definition) is 0. The lowest BCUT2D eigenvalue weighted by molar-refractivity contribution is 0.888. The van der Waals surface area contributed by atoms with E-state index in [0.29, 0.717) is 5.56 Å². The quantitative estimate of drug-likeness (QED) is 0.832. The molecule has 1 heterocycles. The molecule has 4 heteroatoms. The Hall–Kier alpha value is -1.86. The maximum Gasteiger partial charge on any atom is 0.101 e. The largest absolute Gasteiger partial charge is 0.368 e. The summed E-state index contributed by atoms with van der Waals surface area (Å²) in [4.78, 5) is 6.47. The first-order valence-corrected chi connectivity index (χ1v) is 6.20. The predicted molar refractivity (Wildman–Crippen MR) is 70.1 cm³/mol. The molecular formula is C13H13N3S. The van der Waals surface area contributed by atoms with Crippen LogP contribution in [0.1, 0.15) is 16.3 Å². The molecule has 17 heavy (non-hydrogen) atoms. The molecule has 0 unspecified atom stereocenters. The molecule has 0 aliphatic heterocycles. The van der Waals surface area contributed by atoms with Crippen LogP contribution in [0.25, 0.3) is 0 Å². The predicted octanol–water partition coefficient (Wildman–Crippen LogP) is 2.96. The summed E-state index contributed by atoms with van der Waals surface area (Å²) in [5.74, 6) is 0. The van der Waals surface area contributed by atoms with Crippen LogP contribution in [-0.2, 0) is 6.54 Å². The highest BCUT2D eigenvalue weighted by Gasteiger charge is 2.08. The SMILES string of the molecule is Cc1nc(CN(C)c2ccccc2C#N)cs1. The van der Waals surface area contributed by atoms with E-state index in [9.17, 15) is 0 Å². The Labute approximate surface area is 105 Å². The van der Waals surface area contributed by atoms with Crippen molar-refractivity contribution < 1.29 is 0 Å². The molecule has 0 aliphatic rings. The fraction of sp³-hybridized carbons (Fsp3) is 0.231. The summed E-state index contributed by atoms with van der Waals surface area (Å²) >= 11 is 1.65. The summed E-state index contributed by atoms with van der Waals surface area (Å²) < 4.78 is 0. The Balaban J connectivity index is 2.20. The van der Waals surface area contributed by atoms with Gasteiger partial charge in [0.15, 0.2) is 0 Å². The average molecular weight is 243 g/mol. The molecule has 0 N–H and O–H groups in total. The smallest absolute Gasteiger partial charge is 0.101 e. The number of nitrogens with zero attached hydrogens (tertiary/aromatic N) is 3. The van der Waals surface area contributed by atoms with Gasteiger partial charge >= 0.3 is 0 Å². The van der Waals surface area contributed by atoms with Crippen LogP contribution in [0.15, 0.2) is 29.6 Å². The molecular weight excluding hydrogens is 230 g/mol. The van der Waals surface area contributed by atoms with Gasteiger partial charge in [-0.05, 0) is 19.1 Å². The highest BCUT2D eigenvalue weighted by atomic mass is 32.1. The molecule has 2 rings (SSSR count). The molecule has 1 aromatic carbocycles. The number of hydrogen-bond acceptors (Lipinski definition) is 4. The minimum Gasteiger partial charge on any atom is -0.368 e. The minimum absolute atomic E-state index is 0.696. The Morgan fingerprint density at radius 1 is 1.41 bits per heavy atom. The maximum absolute atomic E-state index is 9.05. The first kappa shape index (κ1) is 11.6. The normalized spacial score (nSPS) is 9.94. The third kappa shape index (κ3) is 2.63. The fourth-order valence-corrected chi connectivity index (χ4v) is 2.31. The van der Waals surface area contributed by atoms with Gasteiger partial charge in [0.1, 0.15) is 6.07 Å². The summed E-state index contributed by atoms with van der Waals surface area (Å²) in [5, 5.41) is 12.2. The molecule has 0 radical (unpaired) electrons. The van der Waals surface area contributed by atoms with Crippen molar-refractivity contribution >= 4 is 17.0 Å². The molecule has 2 aromatic rings. The van der Waals surface area contributed by atoms with Gasteiger partial charge in [-0.15, -0.1) is 11.3 Å². The molecule has 0 bridgehead atoms. The third-order valence-electron chi connectivity index (χ3n) is 2.50. The number of thiazole rings is 1. The summed E-state index contributed by atoms with van der Waals surface area (Å²) in [7, 11) is 1.98. The molecule has 3 nitrogen and oxygen atoms in total. The maximum atomic E-state index is 9.05. The van der Waals surface area contributed by atoms with Gasteiger partial charge in [0, 0.05) is 12.4 Å². The van der Waals surface area contributed by atoms with E-state index in [1.807, 2.05) is 43.1 Å². The van der Waals surface area contributed by atoms with E-state index in [4.69, 9.17) is 5.26 Å². The monoisotopic (exact) mass is 243 g/mol. The average Bonchev–Trinajstić information content (AvgIpc) is 2.74. The fourth-order valence-electron chi connectivity index (χ4n) is 1.71. The Kier molecular flexibility index (Phi) is 3.40. The van der Waals surface area contributed by atoms with Crippen molar-refractivity contribution in [3.05, 3.63) is 45.9 Å². The van der Waals surface area contributed by atoms with Crippen molar-refractivity contribution in [1.82, 2.24) is 4.98 Å². The van der Waals surface area contributed by atoms with E-state index in [-0.39, 0.29) is 0 Å². The van der Waals surface area contributed by atoms with Crippen LogP contribution in [0.2, 0.25) is 0 Å². The highest BCUT2D eigenvalue weighted by molar-refractivity contribution is 7.09. The number of para-hydroxylation sites is 1. The number of aryl methyl sites for hydroxylation is 1. The molecule has 0 fully saturated rings. The van der Waals surface area contributed by atoms with Gasteiger partial charge in [0.05, 0.1) is 28.5 Å². The second-order valence-electron chi connectivity index (χ2n) is 3.84. The van der Waals surface area contributed by atoms with Crippen LogP contribution in [-0.4, -0.2) is 12.0 Å². The molecule has 0 amide bonds. The van der Waals surface area contributed by atoms with Crippen molar-refractivity contribution in [2.45, 2.75) is 13.5 Å². The summed E-state index contributed by atoms with van der Waals surface area (Å²) in [6, 6.07) is 9.82. The summed E-state index contributed by atoms with van der Waals surface area (Å²) in [6.07, 6.45) is 0. The number of nitriles is 1. The summed E-state index contributed by atoms with van der Waals surface area (Å²) in [6.45, 7) is 2.72. The number of rotatable bonds is 3. The standard InChI is InChI=1S/C13H13N3S/c1-10-15-12(9-17-10)8-16(2)13-6-4-3-5-11(13)7-14/h3-6,9H,8H2,1-2H3.